The topological polar surface area (TPSA) is 0 Å². The molecule has 2 rings (SSSR count). The van der Waals surface area contributed by atoms with Gasteiger partial charge in [0, 0.05) is 0 Å². The summed E-state index contributed by atoms with van der Waals surface area (Å²) in [6, 6.07) is 21.7. The third-order valence-corrected chi connectivity index (χ3v) is 5.24. The molecule has 0 aliphatic rings. The molecule has 0 heteroatoms. The third kappa shape index (κ3) is 4.51. The van der Waals surface area contributed by atoms with Gasteiger partial charge in [-0.05, 0) is 49.8 Å². The summed E-state index contributed by atoms with van der Waals surface area (Å²) in [7, 11) is 0. The maximum Gasteiger partial charge on any atom is 0.0513 e. The fraction of sp³-hybridized carbons (Fsp3) is 0.214. The van der Waals surface area contributed by atoms with Gasteiger partial charge in [0.1, 0.15) is 0 Å². The number of hydrogen-bond donors (Lipinski definition) is 0. The van der Waals surface area contributed by atoms with Crippen LogP contribution in [0, 0.1) is 5.92 Å². The molecule has 0 fully saturated rings. The fourth-order valence-corrected chi connectivity index (χ4v) is 4.09. The molecule has 0 aliphatic carbocycles. The van der Waals surface area contributed by atoms with Crippen LogP contribution in [0.25, 0.3) is 0 Å². The SMILES string of the molecule is C=C/C=C\C(=C/C)C(c1ccccc1)(c1ccccc1)C(/C=C\C)C/C=C\C. The van der Waals surface area contributed by atoms with Gasteiger partial charge in [0.05, 0.1) is 5.41 Å². The van der Waals surface area contributed by atoms with Gasteiger partial charge in [-0.15, -0.1) is 0 Å². The molecule has 0 nitrogen and oxygen atoms in total. The molecule has 0 bridgehead atoms. The Morgan fingerprint density at radius 3 is 1.89 bits per heavy atom. The highest BCUT2D eigenvalue weighted by Gasteiger charge is 2.42. The van der Waals surface area contributed by atoms with E-state index in [4.69, 9.17) is 0 Å². The molecule has 0 heterocycles. The summed E-state index contributed by atoms with van der Waals surface area (Å²) in [6.45, 7) is 10.2. The Hall–Kier alpha value is -2.86. The molecule has 0 aliphatic heterocycles. The Balaban J connectivity index is 2.93. The molecular formula is C28H32. The Labute approximate surface area is 171 Å². The van der Waals surface area contributed by atoms with Crippen LogP contribution in [0.2, 0.25) is 0 Å². The standard InChI is InChI=1S/C28H32/c1-5-9-18-24(8-4)28(26-20-13-11-14-21-26,27-22-15-12-16-23-27)25(17-7-3)19-10-6-2/h5-18,20-23,25H,1,19H2,2-4H3/b10-6-,17-7-,18-9-,24-8+. The van der Waals surface area contributed by atoms with E-state index in [9.17, 15) is 0 Å². The molecule has 144 valence electrons. The van der Waals surface area contributed by atoms with Crippen LogP contribution in [0.3, 0.4) is 0 Å². The van der Waals surface area contributed by atoms with E-state index in [1.165, 1.54) is 16.7 Å². The van der Waals surface area contributed by atoms with E-state index in [-0.39, 0.29) is 11.3 Å². The van der Waals surface area contributed by atoms with E-state index < -0.39 is 0 Å². The summed E-state index contributed by atoms with van der Waals surface area (Å²) in [5, 5.41) is 0. The highest BCUT2D eigenvalue weighted by molar-refractivity contribution is 5.54. The zero-order valence-corrected chi connectivity index (χ0v) is 17.4. The van der Waals surface area contributed by atoms with E-state index in [1.807, 2.05) is 12.2 Å². The van der Waals surface area contributed by atoms with Gasteiger partial charge in [-0.3, -0.25) is 0 Å². The first-order valence-corrected chi connectivity index (χ1v) is 10.1. The summed E-state index contributed by atoms with van der Waals surface area (Å²) in [6.07, 6.45) is 18.3. The van der Waals surface area contributed by atoms with E-state index in [0.29, 0.717) is 0 Å². The highest BCUT2D eigenvalue weighted by Crippen LogP contribution is 2.48. The number of allylic oxidation sites excluding steroid dienone is 9. The Morgan fingerprint density at radius 2 is 1.46 bits per heavy atom. The molecule has 0 N–H and O–H groups in total. The molecular weight excluding hydrogens is 336 g/mol. The van der Waals surface area contributed by atoms with Crippen molar-refractivity contribution in [3.05, 3.63) is 133 Å². The lowest BCUT2D eigenvalue weighted by Gasteiger charge is -2.42. The van der Waals surface area contributed by atoms with Gasteiger partial charge < -0.3 is 0 Å². The quantitative estimate of drug-likeness (QED) is 0.312. The van der Waals surface area contributed by atoms with Gasteiger partial charge in [-0.1, -0.05) is 116 Å². The second kappa shape index (κ2) is 11.1. The minimum Gasteiger partial charge on any atom is -0.0991 e. The van der Waals surface area contributed by atoms with Crippen LogP contribution in [-0.4, -0.2) is 0 Å². The molecule has 2 aromatic rings. The first kappa shape index (κ1) is 21.4. The number of rotatable bonds is 9. The molecule has 28 heavy (non-hydrogen) atoms. The third-order valence-electron chi connectivity index (χ3n) is 5.24. The molecule has 0 radical (unpaired) electrons. The minimum absolute atomic E-state index is 0.277. The minimum atomic E-state index is -0.289. The molecule has 1 unspecified atom stereocenters. The van der Waals surface area contributed by atoms with Gasteiger partial charge in [0.25, 0.3) is 0 Å². The highest BCUT2D eigenvalue weighted by atomic mass is 14.4. The Bertz CT molecular complexity index is 793. The molecule has 0 amide bonds. The summed E-state index contributed by atoms with van der Waals surface area (Å²) in [5.41, 5.74) is 3.59. The Kier molecular flexibility index (Phi) is 8.49. The van der Waals surface area contributed by atoms with Crippen LogP contribution >= 0.6 is 0 Å². The lowest BCUT2D eigenvalue weighted by molar-refractivity contribution is 0.448. The van der Waals surface area contributed by atoms with Gasteiger partial charge in [-0.25, -0.2) is 0 Å². The van der Waals surface area contributed by atoms with Crippen LogP contribution in [-0.2, 0) is 5.41 Å². The van der Waals surface area contributed by atoms with Crippen molar-refractivity contribution in [2.45, 2.75) is 32.6 Å². The first-order chi connectivity index (χ1) is 13.7. The monoisotopic (exact) mass is 368 g/mol. The van der Waals surface area contributed by atoms with Crippen molar-refractivity contribution < 1.29 is 0 Å². The van der Waals surface area contributed by atoms with Crippen molar-refractivity contribution >= 4 is 0 Å². The van der Waals surface area contributed by atoms with Gasteiger partial charge in [0.15, 0.2) is 0 Å². The average Bonchev–Trinajstić information content (AvgIpc) is 2.76. The van der Waals surface area contributed by atoms with Crippen LogP contribution in [0.5, 0.6) is 0 Å². The number of hydrogen-bond acceptors (Lipinski definition) is 0. The zero-order chi connectivity index (χ0) is 20.2. The molecule has 0 spiro atoms. The fourth-order valence-electron chi connectivity index (χ4n) is 4.09. The molecule has 0 saturated heterocycles. The van der Waals surface area contributed by atoms with Crippen LogP contribution < -0.4 is 0 Å². The molecule has 0 aromatic heterocycles. The van der Waals surface area contributed by atoms with E-state index in [0.717, 1.165) is 6.42 Å². The lowest BCUT2D eigenvalue weighted by atomic mass is 9.60. The van der Waals surface area contributed by atoms with Crippen molar-refractivity contribution in [3.8, 4) is 0 Å². The summed E-state index contributed by atoms with van der Waals surface area (Å²) >= 11 is 0. The van der Waals surface area contributed by atoms with Gasteiger partial charge in [-0.2, -0.15) is 0 Å². The largest absolute Gasteiger partial charge is 0.0991 e. The van der Waals surface area contributed by atoms with Crippen molar-refractivity contribution in [1.82, 2.24) is 0 Å². The van der Waals surface area contributed by atoms with Crippen molar-refractivity contribution in [2.75, 3.05) is 0 Å². The summed E-state index contributed by atoms with van der Waals surface area (Å²) < 4.78 is 0. The van der Waals surface area contributed by atoms with Crippen LogP contribution in [0.4, 0.5) is 0 Å². The number of benzene rings is 2. The molecule has 1 atom stereocenters. The van der Waals surface area contributed by atoms with Crippen molar-refractivity contribution in [2.24, 2.45) is 5.92 Å². The maximum absolute atomic E-state index is 3.89. The summed E-state index contributed by atoms with van der Waals surface area (Å²) in [4.78, 5) is 0. The van der Waals surface area contributed by atoms with Crippen molar-refractivity contribution in [3.63, 3.8) is 0 Å². The van der Waals surface area contributed by atoms with Crippen LogP contribution in [0.15, 0.2) is 121 Å². The van der Waals surface area contributed by atoms with Gasteiger partial charge in [0.2, 0.25) is 0 Å². The molecule has 0 saturated carbocycles. The predicted molar refractivity (Wildman–Crippen MR) is 124 cm³/mol. The first-order valence-electron chi connectivity index (χ1n) is 10.1. The lowest BCUT2D eigenvalue weighted by Crippen LogP contribution is -2.37. The smallest absolute Gasteiger partial charge is 0.0513 e. The van der Waals surface area contributed by atoms with E-state index in [2.05, 4.69) is 124 Å². The second-order valence-corrected chi connectivity index (χ2v) is 6.82. The zero-order valence-electron chi connectivity index (χ0n) is 17.4. The average molecular weight is 369 g/mol. The molecule has 2 aromatic carbocycles. The van der Waals surface area contributed by atoms with Crippen LogP contribution in [0.1, 0.15) is 38.3 Å². The predicted octanol–water partition coefficient (Wildman–Crippen LogP) is 7.82. The normalized spacial score (nSPS) is 14.2. The second-order valence-electron chi connectivity index (χ2n) is 6.82. The van der Waals surface area contributed by atoms with E-state index in [1.54, 1.807) is 0 Å². The van der Waals surface area contributed by atoms with Gasteiger partial charge >= 0.3 is 0 Å². The maximum atomic E-state index is 3.89. The van der Waals surface area contributed by atoms with E-state index >= 15 is 0 Å². The van der Waals surface area contributed by atoms with Crippen molar-refractivity contribution in [1.29, 1.82) is 0 Å². The summed E-state index contributed by atoms with van der Waals surface area (Å²) in [5.74, 6) is 0.277. The Morgan fingerprint density at radius 1 is 0.893 bits per heavy atom.